The number of carbonyl (C=O) groups excluding carboxylic acids is 1. The summed E-state index contributed by atoms with van der Waals surface area (Å²) in [6, 6.07) is 7.63. The van der Waals surface area contributed by atoms with E-state index in [9.17, 15) is 4.79 Å². The number of hydrogen-bond acceptors (Lipinski definition) is 4. The van der Waals surface area contributed by atoms with Gasteiger partial charge in [-0.2, -0.15) is 0 Å². The fourth-order valence-corrected chi connectivity index (χ4v) is 2.75. The zero-order valence-electron chi connectivity index (χ0n) is 13.1. The van der Waals surface area contributed by atoms with E-state index < -0.39 is 0 Å². The fourth-order valence-electron chi connectivity index (χ4n) is 2.75. The normalized spacial score (nSPS) is 23.2. The van der Waals surface area contributed by atoms with E-state index in [4.69, 9.17) is 9.47 Å². The molecule has 1 saturated carbocycles. The Morgan fingerprint density at radius 2 is 2.14 bits per heavy atom. The zero-order valence-corrected chi connectivity index (χ0v) is 13.1. The van der Waals surface area contributed by atoms with E-state index in [2.05, 4.69) is 24.5 Å². The Bertz CT molecular complexity index is 502. The second-order valence-electron chi connectivity index (χ2n) is 6.00. The van der Waals surface area contributed by atoms with Crippen molar-refractivity contribution in [2.75, 3.05) is 26.1 Å². The monoisotopic (exact) mass is 292 g/mol. The van der Waals surface area contributed by atoms with Gasteiger partial charge in [0.1, 0.15) is 5.75 Å². The van der Waals surface area contributed by atoms with Crippen LogP contribution < -0.4 is 15.4 Å². The Morgan fingerprint density at radius 3 is 2.76 bits per heavy atom. The predicted octanol–water partition coefficient (Wildman–Crippen LogP) is 2.04. The van der Waals surface area contributed by atoms with E-state index in [1.807, 2.05) is 18.2 Å². The number of anilines is 1. The van der Waals surface area contributed by atoms with Crippen molar-refractivity contribution in [3.63, 3.8) is 0 Å². The molecule has 2 unspecified atom stereocenters. The standard InChI is InChI=1S/C16H24N2O3/c1-16(2)13(9-14(16)21-4)17-10-15(19)18-11-6-5-7-12(8-11)20-3/h5-8,13-14,17H,9-10H2,1-4H3,(H,18,19). The smallest absolute Gasteiger partial charge is 0.238 e. The number of benzene rings is 1. The van der Waals surface area contributed by atoms with Crippen LogP contribution in [0.2, 0.25) is 0 Å². The number of nitrogens with one attached hydrogen (secondary N) is 2. The topological polar surface area (TPSA) is 59.6 Å². The minimum Gasteiger partial charge on any atom is -0.497 e. The van der Waals surface area contributed by atoms with E-state index in [0.29, 0.717) is 12.6 Å². The zero-order chi connectivity index (χ0) is 15.5. The average molecular weight is 292 g/mol. The summed E-state index contributed by atoms with van der Waals surface area (Å²) in [5, 5.41) is 6.16. The molecule has 5 heteroatoms. The first-order valence-corrected chi connectivity index (χ1v) is 7.17. The number of carbonyl (C=O) groups is 1. The minimum atomic E-state index is -0.0556. The molecule has 1 amide bonds. The van der Waals surface area contributed by atoms with Crippen molar-refractivity contribution in [2.45, 2.75) is 32.4 Å². The second kappa shape index (κ2) is 6.45. The highest BCUT2D eigenvalue weighted by Gasteiger charge is 2.48. The summed E-state index contributed by atoms with van der Waals surface area (Å²) in [5.74, 6) is 0.670. The average Bonchev–Trinajstić information content (AvgIpc) is 2.46. The van der Waals surface area contributed by atoms with Crippen LogP contribution in [-0.2, 0) is 9.53 Å². The molecule has 0 saturated heterocycles. The lowest BCUT2D eigenvalue weighted by Crippen LogP contribution is -2.61. The number of hydrogen-bond donors (Lipinski definition) is 2. The number of amides is 1. The number of methoxy groups -OCH3 is 2. The van der Waals surface area contributed by atoms with Gasteiger partial charge in [-0.3, -0.25) is 4.79 Å². The Kier molecular flexibility index (Phi) is 4.85. The first-order valence-electron chi connectivity index (χ1n) is 7.17. The molecule has 2 atom stereocenters. The SMILES string of the molecule is COc1cccc(NC(=O)CNC2CC(OC)C2(C)C)c1. The molecule has 21 heavy (non-hydrogen) atoms. The Hall–Kier alpha value is -1.59. The largest absolute Gasteiger partial charge is 0.497 e. The van der Waals surface area contributed by atoms with Gasteiger partial charge in [0.05, 0.1) is 19.8 Å². The van der Waals surface area contributed by atoms with E-state index in [0.717, 1.165) is 17.9 Å². The molecule has 0 aromatic heterocycles. The van der Waals surface area contributed by atoms with Crippen molar-refractivity contribution in [2.24, 2.45) is 5.41 Å². The number of rotatable bonds is 6. The van der Waals surface area contributed by atoms with Crippen LogP contribution in [-0.4, -0.2) is 38.8 Å². The summed E-state index contributed by atoms with van der Waals surface area (Å²) in [6.45, 7) is 4.60. The van der Waals surface area contributed by atoms with Gasteiger partial charge in [0, 0.05) is 30.3 Å². The van der Waals surface area contributed by atoms with Gasteiger partial charge in [-0.1, -0.05) is 19.9 Å². The molecule has 0 spiro atoms. The van der Waals surface area contributed by atoms with Crippen LogP contribution in [0.1, 0.15) is 20.3 Å². The first kappa shape index (κ1) is 15.8. The summed E-state index contributed by atoms with van der Waals surface area (Å²) >= 11 is 0. The minimum absolute atomic E-state index is 0.0556. The van der Waals surface area contributed by atoms with Gasteiger partial charge in [0.25, 0.3) is 0 Å². The highest BCUT2D eigenvalue weighted by Crippen LogP contribution is 2.42. The van der Waals surface area contributed by atoms with Crippen LogP contribution in [0.3, 0.4) is 0 Å². The van der Waals surface area contributed by atoms with Gasteiger partial charge in [-0.25, -0.2) is 0 Å². The fraction of sp³-hybridized carbons (Fsp3) is 0.562. The maximum absolute atomic E-state index is 12.0. The first-order chi connectivity index (χ1) is 9.97. The van der Waals surface area contributed by atoms with Crippen LogP contribution in [0.25, 0.3) is 0 Å². The highest BCUT2D eigenvalue weighted by molar-refractivity contribution is 5.92. The quantitative estimate of drug-likeness (QED) is 0.842. The Labute approximate surface area is 126 Å². The Morgan fingerprint density at radius 1 is 1.38 bits per heavy atom. The third-order valence-corrected chi connectivity index (χ3v) is 4.32. The maximum Gasteiger partial charge on any atom is 0.238 e. The third-order valence-electron chi connectivity index (χ3n) is 4.32. The molecule has 0 bridgehead atoms. The molecular formula is C16H24N2O3. The molecule has 0 heterocycles. The lowest BCUT2D eigenvalue weighted by molar-refractivity contribution is -0.119. The van der Waals surface area contributed by atoms with E-state index in [-0.39, 0.29) is 17.4 Å². The molecule has 1 fully saturated rings. The maximum atomic E-state index is 12.0. The van der Waals surface area contributed by atoms with Crippen LogP contribution in [0.15, 0.2) is 24.3 Å². The van der Waals surface area contributed by atoms with Gasteiger partial charge >= 0.3 is 0 Å². The lowest BCUT2D eigenvalue weighted by Gasteiger charge is -2.51. The van der Waals surface area contributed by atoms with Gasteiger partial charge in [0.2, 0.25) is 5.91 Å². The van der Waals surface area contributed by atoms with E-state index in [1.165, 1.54) is 0 Å². The van der Waals surface area contributed by atoms with Crippen LogP contribution in [0.5, 0.6) is 5.75 Å². The molecule has 116 valence electrons. The molecule has 1 aromatic rings. The van der Waals surface area contributed by atoms with Crippen LogP contribution in [0.4, 0.5) is 5.69 Å². The number of ether oxygens (including phenoxy) is 2. The molecule has 2 N–H and O–H groups in total. The highest BCUT2D eigenvalue weighted by atomic mass is 16.5. The molecule has 0 aliphatic heterocycles. The van der Waals surface area contributed by atoms with Crippen molar-refractivity contribution in [3.05, 3.63) is 24.3 Å². The van der Waals surface area contributed by atoms with Crippen molar-refractivity contribution in [1.82, 2.24) is 5.32 Å². The summed E-state index contributed by atoms with van der Waals surface area (Å²) in [7, 11) is 3.34. The van der Waals surface area contributed by atoms with E-state index >= 15 is 0 Å². The van der Waals surface area contributed by atoms with Crippen molar-refractivity contribution in [1.29, 1.82) is 0 Å². The lowest BCUT2D eigenvalue weighted by atomic mass is 9.64. The summed E-state index contributed by atoms with van der Waals surface area (Å²) in [6.07, 6.45) is 1.20. The van der Waals surface area contributed by atoms with Gasteiger partial charge in [-0.05, 0) is 18.6 Å². The second-order valence-corrected chi connectivity index (χ2v) is 6.00. The molecule has 5 nitrogen and oxygen atoms in total. The van der Waals surface area contributed by atoms with Crippen LogP contribution >= 0.6 is 0 Å². The molecular weight excluding hydrogens is 268 g/mol. The van der Waals surface area contributed by atoms with Gasteiger partial charge in [-0.15, -0.1) is 0 Å². The molecule has 2 rings (SSSR count). The summed E-state index contributed by atoms with van der Waals surface area (Å²) in [4.78, 5) is 12.0. The van der Waals surface area contributed by atoms with Crippen molar-refractivity contribution >= 4 is 11.6 Å². The molecule has 1 aromatic carbocycles. The van der Waals surface area contributed by atoms with Crippen LogP contribution in [0, 0.1) is 5.41 Å². The molecule has 1 aliphatic carbocycles. The predicted molar refractivity (Wildman–Crippen MR) is 82.6 cm³/mol. The Balaban J connectivity index is 1.80. The molecule has 1 aliphatic rings. The van der Waals surface area contributed by atoms with E-state index in [1.54, 1.807) is 20.3 Å². The van der Waals surface area contributed by atoms with Crippen molar-refractivity contribution in [3.8, 4) is 5.75 Å². The molecule has 0 radical (unpaired) electrons. The van der Waals surface area contributed by atoms with Crippen molar-refractivity contribution < 1.29 is 14.3 Å². The van der Waals surface area contributed by atoms with Gasteiger partial charge in [0.15, 0.2) is 0 Å². The third kappa shape index (κ3) is 3.54. The van der Waals surface area contributed by atoms with Gasteiger partial charge < -0.3 is 20.1 Å². The summed E-state index contributed by atoms with van der Waals surface area (Å²) < 4.78 is 10.5. The summed E-state index contributed by atoms with van der Waals surface area (Å²) in [5.41, 5.74) is 0.800.